The van der Waals surface area contributed by atoms with E-state index in [2.05, 4.69) is 0 Å². The zero-order chi connectivity index (χ0) is 22.1. The van der Waals surface area contributed by atoms with Gasteiger partial charge in [-0.05, 0) is 66.8 Å². The highest BCUT2D eigenvalue weighted by Gasteiger charge is 2.43. The number of methoxy groups -OCH3 is 1. The van der Waals surface area contributed by atoms with E-state index in [-0.39, 0.29) is 41.6 Å². The van der Waals surface area contributed by atoms with Crippen LogP contribution in [-0.2, 0) is 14.6 Å². The smallest absolute Gasteiger partial charge is 0.471 e. The monoisotopic (exact) mass is 461 g/mol. The van der Waals surface area contributed by atoms with Crippen LogP contribution >= 0.6 is 11.6 Å². The first-order valence-corrected chi connectivity index (χ1v) is 10.9. The largest absolute Gasteiger partial charge is 0.496 e. The van der Waals surface area contributed by atoms with E-state index in [0.29, 0.717) is 16.3 Å². The van der Waals surface area contributed by atoms with E-state index in [1.807, 2.05) is 0 Å². The number of hydrogen-bond acceptors (Lipinski definition) is 4. The van der Waals surface area contributed by atoms with E-state index in [0.717, 1.165) is 4.90 Å². The van der Waals surface area contributed by atoms with Crippen LogP contribution in [0.15, 0.2) is 52.3 Å². The molecule has 1 heterocycles. The molecule has 0 N–H and O–H groups in total. The molecule has 0 atom stereocenters. The van der Waals surface area contributed by atoms with Gasteiger partial charge in [0.15, 0.2) is 0 Å². The SMILES string of the molecule is COc1ccc(S(=O)(=O)c2ccc(Cl)cc2)cc1C1CCN(C(=O)C(F)(F)F)CC1. The number of sulfone groups is 1. The van der Waals surface area contributed by atoms with Gasteiger partial charge in [0.05, 0.1) is 16.9 Å². The van der Waals surface area contributed by atoms with E-state index in [4.69, 9.17) is 16.3 Å². The molecule has 1 fully saturated rings. The van der Waals surface area contributed by atoms with Crippen molar-refractivity contribution in [2.75, 3.05) is 20.2 Å². The van der Waals surface area contributed by atoms with Crippen LogP contribution < -0.4 is 4.74 Å². The standard InChI is InChI=1S/C20H19ClF3NO4S/c1-29-18-7-6-16(30(27,28)15-4-2-14(21)3-5-15)12-17(18)13-8-10-25(11-9-13)19(26)20(22,23)24/h2-7,12-13H,8-11H2,1H3. The van der Waals surface area contributed by atoms with Crippen LogP contribution in [0.1, 0.15) is 24.3 Å². The summed E-state index contributed by atoms with van der Waals surface area (Å²) in [5.74, 6) is -1.64. The van der Waals surface area contributed by atoms with Gasteiger partial charge in [0.2, 0.25) is 9.84 Å². The van der Waals surface area contributed by atoms with Gasteiger partial charge in [0.25, 0.3) is 0 Å². The number of alkyl halides is 3. The Morgan fingerprint density at radius 3 is 2.17 bits per heavy atom. The van der Waals surface area contributed by atoms with Crippen LogP contribution in [0.25, 0.3) is 0 Å². The van der Waals surface area contributed by atoms with E-state index in [1.54, 1.807) is 0 Å². The predicted molar refractivity (Wildman–Crippen MR) is 105 cm³/mol. The molecule has 0 spiro atoms. The number of ether oxygens (including phenoxy) is 1. The maximum Gasteiger partial charge on any atom is 0.471 e. The summed E-state index contributed by atoms with van der Waals surface area (Å²) in [5.41, 5.74) is 0.589. The molecule has 0 unspecified atom stereocenters. The number of amides is 1. The van der Waals surface area contributed by atoms with Crippen molar-refractivity contribution >= 4 is 27.3 Å². The number of carbonyl (C=O) groups excluding carboxylic acids is 1. The van der Waals surface area contributed by atoms with Gasteiger partial charge in [-0.25, -0.2) is 8.42 Å². The fraction of sp³-hybridized carbons (Fsp3) is 0.350. The van der Waals surface area contributed by atoms with Crippen LogP contribution in [0.2, 0.25) is 5.02 Å². The van der Waals surface area contributed by atoms with Crippen LogP contribution in [0.5, 0.6) is 5.75 Å². The number of carbonyl (C=O) groups is 1. The minimum Gasteiger partial charge on any atom is -0.496 e. The predicted octanol–water partition coefficient (Wildman–Crippen LogP) is 4.45. The maximum absolute atomic E-state index is 13.0. The molecular weight excluding hydrogens is 443 g/mol. The number of rotatable bonds is 4. The highest BCUT2D eigenvalue weighted by Crippen LogP contribution is 2.37. The minimum atomic E-state index is -4.91. The van der Waals surface area contributed by atoms with Gasteiger partial charge in [-0.2, -0.15) is 13.2 Å². The summed E-state index contributed by atoms with van der Waals surface area (Å²) >= 11 is 5.83. The molecule has 0 aliphatic carbocycles. The van der Waals surface area contributed by atoms with Crippen LogP contribution in [-0.4, -0.2) is 45.6 Å². The average Bonchev–Trinajstić information content (AvgIpc) is 2.72. The van der Waals surface area contributed by atoms with Crippen molar-refractivity contribution < 1.29 is 31.1 Å². The molecule has 10 heteroatoms. The zero-order valence-electron chi connectivity index (χ0n) is 15.9. The summed E-state index contributed by atoms with van der Waals surface area (Å²) in [6.07, 6.45) is -4.37. The van der Waals surface area contributed by atoms with E-state index in [1.165, 1.54) is 49.6 Å². The normalized spacial score (nSPS) is 15.8. The number of halogens is 4. The van der Waals surface area contributed by atoms with Crippen LogP contribution in [0.3, 0.4) is 0 Å². The highest BCUT2D eigenvalue weighted by atomic mass is 35.5. The second kappa shape index (κ2) is 8.47. The van der Waals surface area contributed by atoms with Crippen LogP contribution in [0, 0.1) is 0 Å². The zero-order valence-corrected chi connectivity index (χ0v) is 17.5. The molecule has 30 heavy (non-hydrogen) atoms. The van der Waals surface area contributed by atoms with Gasteiger partial charge in [-0.1, -0.05) is 11.6 Å². The summed E-state index contributed by atoms with van der Waals surface area (Å²) in [6.45, 7) is -0.138. The number of benzene rings is 2. The van der Waals surface area contributed by atoms with Crippen molar-refractivity contribution in [1.29, 1.82) is 0 Å². The Balaban J connectivity index is 1.88. The molecule has 162 valence electrons. The van der Waals surface area contributed by atoms with Crippen molar-refractivity contribution in [3.63, 3.8) is 0 Å². The lowest BCUT2D eigenvalue weighted by Crippen LogP contribution is -2.45. The molecule has 0 saturated carbocycles. The van der Waals surface area contributed by atoms with E-state index < -0.39 is 21.9 Å². The quantitative estimate of drug-likeness (QED) is 0.675. The lowest BCUT2D eigenvalue weighted by Gasteiger charge is -2.33. The Hall–Kier alpha value is -2.26. The van der Waals surface area contributed by atoms with Crippen molar-refractivity contribution in [2.45, 2.75) is 34.7 Å². The second-order valence-corrected chi connectivity index (χ2v) is 9.31. The summed E-state index contributed by atoms with van der Waals surface area (Å²) in [5, 5.41) is 0.407. The minimum absolute atomic E-state index is 0.0504. The lowest BCUT2D eigenvalue weighted by molar-refractivity contribution is -0.186. The molecule has 1 amide bonds. The van der Waals surface area contributed by atoms with Crippen molar-refractivity contribution in [2.24, 2.45) is 0 Å². The molecule has 0 bridgehead atoms. The third kappa shape index (κ3) is 4.57. The Morgan fingerprint density at radius 2 is 1.63 bits per heavy atom. The third-order valence-electron chi connectivity index (χ3n) is 5.10. The first kappa shape index (κ1) is 22.4. The molecular formula is C20H19ClF3NO4S. The highest BCUT2D eigenvalue weighted by molar-refractivity contribution is 7.91. The molecule has 2 aromatic rings. The van der Waals surface area contributed by atoms with Gasteiger partial charge >= 0.3 is 12.1 Å². The third-order valence-corrected chi connectivity index (χ3v) is 7.12. The first-order chi connectivity index (χ1) is 14.0. The fourth-order valence-corrected chi connectivity index (χ4v) is 4.94. The number of hydrogen-bond donors (Lipinski definition) is 0. The lowest BCUT2D eigenvalue weighted by atomic mass is 9.88. The molecule has 5 nitrogen and oxygen atoms in total. The molecule has 3 rings (SSSR count). The fourth-order valence-electron chi connectivity index (χ4n) is 3.52. The summed E-state index contributed by atoms with van der Waals surface area (Å²) in [6, 6.07) is 10.2. The average molecular weight is 462 g/mol. The topological polar surface area (TPSA) is 63.7 Å². The summed E-state index contributed by atoms with van der Waals surface area (Å²) in [4.78, 5) is 12.3. The van der Waals surface area contributed by atoms with E-state index in [9.17, 15) is 26.4 Å². The van der Waals surface area contributed by atoms with Gasteiger partial charge in [0.1, 0.15) is 5.75 Å². The Kier molecular flexibility index (Phi) is 6.33. The molecule has 1 aliphatic rings. The van der Waals surface area contributed by atoms with Gasteiger partial charge in [0, 0.05) is 18.1 Å². The van der Waals surface area contributed by atoms with Gasteiger partial charge in [-0.15, -0.1) is 0 Å². The molecule has 2 aromatic carbocycles. The summed E-state index contributed by atoms with van der Waals surface area (Å²) < 4.78 is 69.3. The van der Waals surface area contributed by atoms with Crippen LogP contribution in [0.4, 0.5) is 13.2 Å². The molecule has 1 aliphatic heterocycles. The number of likely N-dealkylation sites (tertiary alicyclic amines) is 1. The Bertz CT molecular complexity index is 1030. The maximum atomic E-state index is 13.0. The number of piperidine rings is 1. The summed E-state index contributed by atoms with van der Waals surface area (Å²) in [7, 11) is -2.37. The first-order valence-electron chi connectivity index (χ1n) is 9.08. The molecule has 0 aromatic heterocycles. The molecule has 0 radical (unpaired) electrons. The van der Waals surface area contributed by atoms with Crippen molar-refractivity contribution in [3.8, 4) is 5.75 Å². The van der Waals surface area contributed by atoms with Gasteiger partial charge < -0.3 is 9.64 Å². The van der Waals surface area contributed by atoms with Crippen molar-refractivity contribution in [3.05, 3.63) is 53.1 Å². The second-order valence-electron chi connectivity index (χ2n) is 6.93. The van der Waals surface area contributed by atoms with Gasteiger partial charge in [-0.3, -0.25) is 4.79 Å². The van der Waals surface area contributed by atoms with E-state index >= 15 is 0 Å². The number of nitrogens with zero attached hydrogens (tertiary/aromatic N) is 1. The Morgan fingerprint density at radius 1 is 1.07 bits per heavy atom. The Labute approximate surface area is 177 Å². The van der Waals surface area contributed by atoms with Crippen molar-refractivity contribution in [1.82, 2.24) is 4.90 Å². The molecule has 1 saturated heterocycles.